The van der Waals surface area contributed by atoms with Gasteiger partial charge in [0.1, 0.15) is 5.76 Å². The predicted octanol–water partition coefficient (Wildman–Crippen LogP) is 3.83. The van der Waals surface area contributed by atoms with Gasteiger partial charge >= 0.3 is 0 Å². The van der Waals surface area contributed by atoms with Crippen LogP contribution in [0.5, 0.6) is 0 Å². The standard InChI is InChI=1S/C14H15F2NOS/c1-10(8-17-9-11-3-2-6-18-11)19-12-4-5-13(15)14(16)7-12/h2-7,10,17H,8-9H2,1H3. The Kier molecular flexibility index (Phi) is 4.99. The molecule has 2 nitrogen and oxygen atoms in total. The molecule has 0 fully saturated rings. The average molecular weight is 283 g/mol. The predicted molar refractivity (Wildman–Crippen MR) is 72.1 cm³/mol. The van der Waals surface area contributed by atoms with E-state index in [9.17, 15) is 8.78 Å². The first-order valence-electron chi connectivity index (χ1n) is 6.00. The molecule has 1 aromatic carbocycles. The van der Waals surface area contributed by atoms with Crippen LogP contribution in [-0.4, -0.2) is 11.8 Å². The molecule has 0 aliphatic carbocycles. The molecule has 0 radical (unpaired) electrons. The molecule has 19 heavy (non-hydrogen) atoms. The fourth-order valence-electron chi connectivity index (χ4n) is 1.64. The molecule has 0 saturated carbocycles. The van der Waals surface area contributed by atoms with Gasteiger partial charge < -0.3 is 9.73 Å². The van der Waals surface area contributed by atoms with Gasteiger partial charge in [0.2, 0.25) is 0 Å². The Hall–Kier alpha value is -1.33. The molecule has 0 aliphatic rings. The van der Waals surface area contributed by atoms with E-state index in [1.165, 1.54) is 17.8 Å². The Morgan fingerprint density at radius 1 is 1.26 bits per heavy atom. The van der Waals surface area contributed by atoms with Crippen LogP contribution in [0.2, 0.25) is 0 Å². The first-order chi connectivity index (χ1) is 9.15. The normalized spacial score (nSPS) is 12.6. The lowest BCUT2D eigenvalue weighted by atomic mass is 10.3. The van der Waals surface area contributed by atoms with E-state index in [-0.39, 0.29) is 5.25 Å². The topological polar surface area (TPSA) is 25.2 Å². The highest BCUT2D eigenvalue weighted by atomic mass is 32.2. The van der Waals surface area contributed by atoms with Gasteiger partial charge in [-0.1, -0.05) is 6.92 Å². The van der Waals surface area contributed by atoms with Crippen LogP contribution in [0.15, 0.2) is 45.9 Å². The Morgan fingerprint density at radius 3 is 2.79 bits per heavy atom. The molecule has 0 saturated heterocycles. The lowest BCUT2D eigenvalue weighted by Gasteiger charge is -2.12. The van der Waals surface area contributed by atoms with Gasteiger partial charge in [0.15, 0.2) is 11.6 Å². The van der Waals surface area contributed by atoms with Gasteiger partial charge in [-0.15, -0.1) is 11.8 Å². The molecular weight excluding hydrogens is 268 g/mol. The number of hydrogen-bond acceptors (Lipinski definition) is 3. The van der Waals surface area contributed by atoms with E-state index in [1.807, 2.05) is 19.1 Å². The maximum Gasteiger partial charge on any atom is 0.159 e. The molecule has 1 unspecified atom stereocenters. The highest BCUT2D eigenvalue weighted by molar-refractivity contribution is 8.00. The lowest BCUT2D eigenvalue weighted by molar-refractivity contribution is 0.484. The van der Waals surface area contributed by atoms with Crippen LogP contribution >= 0.6 is 11.8 Å². The third-order valence-corrected chi connectivity index (χ3v) is 3.63. The molecule has 2 aromatic rings. The summed E-state index contributed by atoms with van der Waals surface area (Å²) in [7, 11) is 0. The van der Waals surface area contributed by atoms with Crippen molar-refractivity contribution in [2.24, 2.45) is 0 Å². The number of rotatable bonds is 6. The maximum atomic E-state index is 13.1. The highest BCUT2D eigenvalue weighted by Gasteiger charge is 2.08. The summed E-state index contributed by atoms with van der Waals surface area (Å²) < 4.78 is 31.0. The second-order valence-electron chi connectivity index (χ2n) is 4.21. The van der Waals surface area contributed by atoms with Crippen LogP contribution in [0.3, 0.4) is 0 Å². The number of nitrogens with one attached hydrogen (secondary N) is 1. The van der Waals surface area contributed by atoms with Crippen molar-refractivity contribution in [1.29, 1.82) is 0 Å². The van der Waals surface area contributed by atoms with Gasteiger partial charge in [0, 0.05) is 16.7 Å². The summed E-state index contributed by atoms with van der Waals surface area (Å²) in [5.41, 5.74) is 0. The van der Waals surface area contributed by atoms with Crippen LogP contribution in [0, 0.1) is 11.6 Å². The van der Waals surface area contributed by atoms with E-state index in [0.29, 0.717) is 6.54 Å². The van der Waals surface area contributed by atoms with Crippen LogP contribution in [-0.2, 0) is 6.54 Å². The summed E-state index contributed by atoms with van der Waals surface area (Å²) in [5.74, 6) is -0.737. The second-order valence-corrected chi connectivity index (χ2v) is 5.73. The highest BCUT2D eigenvalue weighted by Crippen LogP contribution is 2.24. The zero-order chi connectivity index (χ0) is 13.7. The summed E-state index contributed by atoms with van der Waals surface area (Å²) in [6.45, 7) is 3.45. The minimum absolute atomic E-state index is 0.250. The quantitative estimate of drug-likeness (QED) is 0.816. The molecule has 5 heteroatoms. The minimum atomic E-state index is -0.812. The van der Waals surface area contributed by atoms with Crippen molar-refractivity contribution in [2.45, 2.75) is 23.6 Å². The molecule has 1 atom stereocenters. The zero-order valence-corrected chi connectivity index (χ0v) is 11.3. The van der Waals surface area contributed by atoms with E-state index in [4.69, 9.17) is 4.42 Å². The van der Waals surface area contributed by atoms with Crippen molar-refractivity contribution in [3.8, 4) is 0 Å². The van der Waals surface area contributed by atoms with E-state index in [0.717, 1.165) is 23.3 Å². The number of thioether (sulfide) groups is 1. The van der Waals surface area contributed by atoms with Crippen LogP contribution in [0.4, 0.5) is 8.78 Å². The number of benzene rings is 1. The van der Waals surface area contributed by atoms with Crippen LogP contribution in [0.25, 0.3) is 0 Å². The summed E-state index contributed by atoms with van der Waals surface area (Å²) >= 11 is 1.50. The van der Waals surface area contributed by atoms with Crippen molar-refractivity contribution < 1.29 is 13.2 Å². The van der Waals surface area contributed by atoms with E-state index < -0.39 is 11.6 Å². The number of halogens is 2. The van der Waals surface area contributed by atoms with Gasteiger partial charge in [0.25, 0.3) is 0 Å². The summed E-state index contributed by atoms with van der Waals surface area (Å²) in [5, 5.41) is 3.50. The molecule has 2 rings (SSSR count). The fourth-order valence-corrected chi connectivity index (χ4v) is 2.62. The molecular formula is C14H15F2NOS. The maximum absolute atomic E-state index is 13.1. The smallest absolute Gasteiger partial charge is 0.159 e. The Balaban J connectivity index is 1.77. The van der Waals surface area contributed by atoms with Crippen molar-refractivity contribution in [3.05, 3.63) is 54.0 Å². The third-order valence-electron chi connectivity index (χ3n) is 2.54. The molecule has 0 aliphatic heterocycles. The summed E-state index contributed by atoms with van der Waals surface area (Å²) in [4.78, 5) is 0.728. The van der Waals surface area contributed by atoms with Gasteiger partial charge in [-0.3, -0.25) is 0 Å². The lowest BCUT2D eigenvalue weighted by Crippen LogP contribution is -2.21. The molecule has 1 N–H and O–H groups in total. The Bertz CT molecular complexity index is 516. The van der Waals surface area contributed by atoms with Crippen LogP contribution in [0.1, 0.15) is 12.7 Å². The van der Waals surface area contributed by atoms with Gasteiger partial charge in [-0.2, -0.15) is 0 Å². The van der Waals surface area contributed by atoms with Crippen molar-refractivity contribution in [3.63, 3.8) is 0 Å². The average Bonchev–Trinajstić information content (AvgIpc) is 2.87. The summed E-state index contributed by atoms with van der Waals surface area (Å²) in [6, 6.07) is 7.71. The SMILES string of the molecule is CC(CNCc1ccco1)Sc1ccc(F)c(F)c1. The van der Waals surface area contributed by atoms with Crippen molar-refractivity contribution >= 4 is 11.8 Å². The van der Waals surface area contributed by atoms with Crippen molar-refractivity contribution in [2.75, 3.05) is 6.54 Å². The zero-order valence-electron chi connectivity index (χ0n) is 10.5. The molecule has 0 spiro atoms. The van der Waals surface area contributed by atoms with Gasteiger partial charge in [-0.25, -0.2) is 8.78 Å². The Labute approximate surface area is 115 Å². The van der Waals surface area contributed by atoms with Crippen LogP contribution < -0.4 is 5.32 Å². The number of hydrogen-bond donors (Lipinski definition) is 1. The molecule has 102 valence electrons. The molecule has 0 bridgehead atoms. The fraction of sp³-hybridized carbons (Fsp3) is 0.286. The minimum Gasteiger partial charge on any atom is -0.468 e. The summed E-state index contributed by atoms with van der Waals surface area (Å²) in [6.07, 6.45) is 1.64. The first-order valence-corrected chi connectivity index (χ1v) is 6.88. The monoisotopic (exact) mass is 283 g/mol. The third kappa shape index (κ3) is 4.36. The molecule has 1 heterocycles. The van der Waals surface area contributed by atoms with E-state index in [1.54, 1.807) is 12.3 Å². The van der Waals surface area contributed by atoms with Gasteiger partial charge in [0.05, 0.1) is 12.8 Å². The van der Waals surface area contributed by atoms with Crippen molar-refractivity contribution in [1.82, 2.24) is 5.32 Å². The van der Waals surface area contributed by atoms with E-state index in [2.05, 4.69) is 5.32 Å². The first kappa shape index (κ1) is 14.1. The molecule has 0 amide bonds. The van der Waals surface area contributed by atoms with Gasteiger partial charge in [-0.05, 0) is 30.3 Å². The second kappa shape index (κ2) is 6.73. The Morgan fingerprint density at radius 2 is 2.11 bits per heavy atom. The largest absolute Gasteiger partial charge is 0.468 e. The molecule has 1 aromatic heterocycles. The number of furan rings is 1. The van der Waals surface area contributed by atoms with E-state index >= 15 is 0 Å².